The first-order valence-electron chi connectivity index (χ1n) is 6.18. The third-order valence-corrected chi connectivity index (χ3v) is 4.10. The number of benzene rings is 1. The maximum absolute atomic E-state index is 11.7. The van der Waals surface area contributed by atoms with E-state index in [0.29, 0.717) is 5.69 Å². The van der Waals surface area contributed by atoms with Crippen molar-refractivity contribution >= 4 is 21.7 Å². The van der Waals surface area contributed by atoms with Crippen LogP contribution in [0.3, 0.4) is 0 Å². The van der Waals surface area contributed by atoms with E-state index in [9.17, 15) is 13.2 Å². The zero-order valence-electron chi connectivity index (χ0n) is 11.0. The predicted octanol–water partition coefficient (Wildman–Crippen LogP) is 1.02. The van der Waals surface area contributed by atoms with Crippen molar-refractivity contribution in [2.45, 2.75) is 30.2 Å². The number of nitrogens with one attached hydrogen (secondary N) is 2. The van der Waals surface area contributed by atoms with Crippen molar-refractivity contribution in [1.82, 2.24) is 5.32 Å². The van der Waals surface area contributed by atoms with E-state index in [1.54, 1.807) is 6.07 Å². The van der Waals surface area contributed by atoms with Gasteiger partial charge in [0.05, 0.1) is 7.11 Å². The number of hydrogen-bond acceptors (Lipinski definition) is 4. The molecule has 0 aromatic heterocycles. The Morgan fingerprint density at radius 2 is 2.10 bits per heavy atom. The van der Waals surface area contributed by atoms with Crippen LogP contribution in [0.1, 0.15) is 19.3 Å². The summed E-state index contributed by atoms with van der Waals surface area (Å²) in [6, 6.07) is 4.10. The van der Waals surface area contributed by atoms with E-state index >= 15 is 0 Å². The molecule has 1 aliphatic rings. The SMILES string of the molecule is COc1ccc(NC(=O)NC2CCC2)cc1S(N)(=O)=O. The summed E-state index contributed by atoms with van der Waals surface area (Å²) in [5.74, 6) is 0.137. The highest BCUT2D eigenvalue weighted by Gasteiger charge is 2.20. The third kappa shape index (κ3) is 3.40. The number of carbonyl (C=O) groups excluding carboxylic acids is 1. The molecule has 0 atom stereocenters. The molecule has 1 aliphatic carbocycles. The summed E-state index contributed by atoms with van der Waals surface area (Å²) in [7, 11) is -2.57. The van der Waals surface area contributed by atoms with Crippen LogP contribution in [0.5, 0.6) is 5.75 Å². The van der Waals surface area contributed by atoms with Gasteiger partial charge < -0.3 is 15.4 Å². The molecular formula is C12H17N3O4S. The number of hydrogen-bond donors (Lipinski definition) is 3. The topological polar surface area (TPSA) is 111 Å². The second-order valence-corrected chi connectivity index (χ2v) is 6.17. The molecule has 4 N–H and O–H groups in total. The van der Waals surface area contributed by atoms with Crippen molar-refractivity contribution in [3.05, 3.63) is 18.2 Å². The van der Waals surface area contributed by atoms with E-state index in [0.717, 1.165) is 19.3 Å². The molecule has 0 spiro atoms. The first-order chi connectivity index (χ1) is 9.40. The molecule has 0 unspecified atom stereocenters. The number of primary sulfonamides is 1. The summed E-state index contributed by atoms with van der Waals surface area (Å²) in [4.78, 5) is 11.5. The van der Waals surface area contributed by atoms with E-state index in [1.807, 2.05) is 0 Å². The minimum absolute atomic E-state index is 0.137. The molecule has 8 heteroatoms. The molecule has 1 saturated carbocycles. The molecule has 2 rings (SSSR count). The highest BCUT2D eigenvalue weighted by atomic mass is 32.2. The van der Waals surface area contributed by atoms with Gasteiger partial charge in [0.2, 0.25) is 10.0 Å². The molecule has 20 heavy (non-hydrogen) atoms. The Bertz CT molecular complexity index is 611. The fourth-order valence-corrected chi connectivity index (χ4v) is 2.60. The lowest BCUT2D eigenvalue weighted by molar-refractivity contribution is 0.240. The summed E-state index contributed by atoms with van der Waals surface area (Å²) in [5, 5.41) is 10.5. The van der Waals surface area contributed by atoms with Crippen LogP contribution >= 0.6 is 0 Å². The van der Waals surface area contributed by atoms with Crippen molar-refractivity contribution < 1.29 is 17.9 Å². The fourth-order valence-electron chi connectivity index (χ4n) is 1.88. The van der Waals surface area contributed by atoms with Crippen LogP contribution in [0.2, 0.25) is 0 Å². The molecule has 0 aliphatic heterocycles. The van der Waals surface area contributed by atoms with Crippen molar-refractivity contribution in [2.24, 2.45) is 5.14 Å². The van der Waals surface area contributed by atoms with Crippen LogP contribution in [-0.4, -0.2) is 27.6 Å². The first-order valence-corrected chi connectivity index (χ1v) is 7.73. The molecular weight excluding hydrogens is 282 g/mol. The molecule has 0 bridgehead atoms. The Morgan fingerprint density at radius 3 is 2.60 bits per heavy atom. The monoisotopic (exact) mass is 299 g/mol. The van der Waals surface area contributed by atoms with E-state index in [4.69, 9.17) is 9.88 Å². The number of urea groups is 1. The van der Waals surface area contributed by atoms with Crippen LogP contribution in [0.25, 0.3) is 0 Å². The molecule has 0 saturated heterocycles. The summed E-state index contributed by atoms with van der Waals surface area (Å²) in [6.45, 7) is 0. The number of anilines is 1. The van der Waals surface area contributed by atoms with E-state index in [-0.39, 0.29) is 22.7 Å². The lowest BCUT2D eigenvalue weighted by Gasteiger charge is -2.26. The van der Waals surface area contributed by atoms with Gasteiger partial charge in [-0.15, -0.1) is 0 Å². The second kappa shape index (κ2) is 5.68. The molecule has 2 amide bonds. The van der Waals surface area contributed by atoms with Gasteiger partial charge in [-0.3, -0.25) is 0 Å². The summed E-state index contributed by atoms with van der Waals surface area (Å²) in [5.41, 5.74) is 0.339. The normalized spacial score (nSPS) is 15.3. The maximum Gasteiger partial charge on any atom is 0.319 e. The maximum atomic E-state index is 11.7. The van der Waals surface area contributed by atoms with E-state index < -0.39 is 10.0 Å². The summed E-state index contributed by atoms with van der Waals surface area (Å²) < 4.78 is 27.8. The average molecular weight is 299 g/mol. The minimum atomic E-state index is -3.92. The largest absolute Gasteiger partial charge is 0.495 e. The Balaban J connectivity index is 2.14. The summed E-state index contributed by atoms with van der Waals surface area (Å²) >= 11 is 0. The quantitative estimate of drug-likeness (QED) is 0.770. The van der Waals surface area contributed by atoms with E-state index in [2.05, 4.69) is 10.6 Å². The highest BCUT2D eigenvalue weighted by molar-refractivity contribution is 7.89. The van der Waals surface area contributed by atoms with Crippen molar-refractivity contribution in [1.29, 1.82) is 0 Å². The third-order valence-electron chi connectivity index (χ3n) is 3.17. The van der Waals surface area contributed by atoms with Crippen molar-refractivity contribution in [3.63, 3.8) is 0 Å². The van der Waals surface area contributed by atoms with Crippen LogP contribution < -0.4 is 20.5 Å². The zero-order chi connectivity index (χ0) is 14.8. The van der Waals surface area contributed by atoms with Crippen LogP contribution in [-0.2, 0) is 10.0 Å². The highest BCUT2D eigenvalue weighted by Crippen LogP contribution is 2.26. The number of nitrogens with two attached hydrogens (primary N) is 1. The zero-order valence-corrected chi connectivity index (χ0v) is 11.9. The lowest BCUT2D eigenvalue weighted by atomic mass is 9.93. The number of methoxy groups -OCH3 is 1. The molecule has 1 aromatic carbocycles. The van der Waals surface area contributed by atoms with Gasteiger partial charge in [0.25, 0.3) is 0 Å². The Kier molecular flexibility index (Phi) is 4.15. The number of sulfonamides is 1. The lowest BCUT2D eigenvalue weighted by Crippen LogP contribution is -2.41. The molecule has 7 nitrogen and oxygen atoms in total. The van der Waals surface area contributed by atoms with Gasteiger partial charge in [0.15, 0.2) is 0 Å². The second-order valence-electron chi connectivity index (χ2n) is 4.64. The minimum Gasteiger partial charge on any atom is -0.495 e. The smallest absolute Gasteiger partial charge is 0.319 e. The molecule has 0 radical (unpaired) electrons. The van der Waals surface area contributed by atoms with Gasteiger partial charge in [-0.05, 0) is 37.5 Å². The van der Waals surface area contributed by atoms with Crippen molar-refractivity contribution in [2.75, 3.05) is 12.4 Å². The molecule has 1 fully saturated rings. The van der Waals surface area contributed by atoms with Crippen LogP contribution in [0, 0.1) is 0 Å². The number of carbonyl (C=O) groups is 1. The molecule has 0 heterocycles. The van der Waals surface area contributed by atoms with Gasteiger partial charge in [0.1, 0.15) is 10.6 Å². The Hall–Kier alpha value is -1.80. The Labute approximate surface area is 117 Å². The standard InChI is InChI=1S/C12H17N3O4S/c1-19-10-6-5-9(7-11(10)20(13,17)18)15-12(16)14-8-3-2-4-8/h5-8H,2-4H2,1H3,(H2,13,17,18)(H2,14,15,16). The number of rotatable bonds is 4. The van der Waals surface area contributed by atoms with Crippen molar-refractivity contribution in [3.8, 4) is 5.75 Å². The van der Waals surface area contributed by atoms with Gasteiger partial charge in [-0.25, -0.2) is 18.4 Å². The van der Waals surface area contributed by atoms with Gasteiger partial charge >= 0.3 is 6.03 Å². The first kappa shape index (κ1) is 14.6. The van der Waals surface area contributed by atoms with Gasteiger partial charge in [0, 0.05) is 11.7 Å². The summed E-state index contributed by atoms with van der Waals surface area (Å²) in [6.07, 6.45) is 3.06. The van der Waals surface area contributed by atoms with Gasteiger partial charge in [-0.2, -0.15) is 0 Å². The van der Waals surface area contributed by atoms with Crippen LogP contribution in [0.4, 0.5) is 10.5 Å². The molecule has 110 valence electrons. The Morgan fingerprint density at radius 1 is 1.40 bits per heavy atom. The average Bonchev–Trinajstić information content (AvgIpc) is 2.33. The molecule has 1 aromatic rings. The number of amides is 2. The predicted molar refractivity (Wildman–Crippen MR) is 74.2 cm³/mol. The van der Waals surface area contributed by atoms with E-state index in [1.165, 1.54) is 19.2 Å². The van der Waals surface area contributed by atoms with Crippen LogP contribution in [0.15, 0.2) is 23.1 Å². The number of ether oxygens (including phenoxy) is 1. The fraction of sp³-hybridized carbons (Fsp3) is 0.417. The van der Waals surface area contributed by atoms with Gasteiger partial charge in [-0.1, -0.05) is 0 Å².